The molecule has 0 spiro atoms. The molecule has 1 saturated heterocycles. The van der Waals surface area contributed by atoms with Gasteiger partial charge in [0.15, 0.2) is 0 Å². The number of quaternary nitrogens is 1. The van der Waals surface area contributed by atoms with E-state index in [4.69, 9.17) is 0 Å². The summed E-state index contributed by atoms with van der Waals surface area (Å²) in [7, 11) is 0. The van der Waals surface area contributed by atoms with Gasteiger partial charge in [-0.15, -0.1) is 0 Å². The summed E-state index contributed by atoms with van der Waals surface area (Å²) in [4.78, 5) is 3.98. The fourth-order valence-corrected chi connectivity index (χ4v) is 4.46. The second-order valence-corrected chi connectivity index (χ2v) is 7.69. The number of benzene rings is 4. The number of hydrogen-bond acceptors (Lipinski definition) is 1. The summed E-state index contributed by atoms with van der Waals surface area (Å²) in [6.45, 7) is 5.23. The molecule has 1 fully saturated rings. The third kappa shape index (κ3) is 3.23. The van der Waals surface area contributed by atoms with E-state index in [0.717, 1.165) is 38.4 Å². The van der Waals surface area contributed by atoms with Crippen molar-refractivity contribution >= 4 is 27.2 Å². The van der Waals surface area contributed by atoms with Gasteiger partial charge in [0.1, 0.15) is 12.4 Å². The fourth-order valence-electron chi connectivity index (χ4n) is 4.46. The molecule has 5 rings (SSSR count). The number of nitrogens with one attached hydrogen (secondary N) is 1. The Morgan fingerprint density at radius 3 is 1.93 bits per heavy atom. The van der Waals surface area contributed by atoms with Crippen LogP contribution in [-0.4, -0.2) is 26.2 Å². The smallest absolute Gasteiger partial charge is 0.123 e. The highest BCUT2D eigenvalue weighted by Gasteiger charge is 2.22. The van der Waals surface area contributed by atoms with E-state index in [0.29, 0.717) is 0 Å². The van der Waals surface area contributed by atoms with E-state index in [1.54, 1.807) is 17.0 Å². The summed E-state index contributed by atoms with van der Waals surface area (Å²) < 4.78 is 13.2. The van der Waals surface area contributed by atoms with Gasteiger partial charge in [0, 0.05) is 11.3 Å². The van der Waals surface area contributed by atoms with Crippen molar-refractivity contribution in [3.63, 3.8) is 0 Å². The Bertz CT molecular complexity index is 1060. The molecular weight excluding hydrogens is 347 g/mol. The highest BCUT2D eigenvalue weighted by molar-refractivity contribution is 6.02. The minimum Gasteiger partial charge on any atom is -0.360 e. The van der Waals surface area contributed by atoms with Gasteiger partial charge in [-0.05, 0) is 51.9 Å². The molecule has 0 amide bonds. The van der Waals surface area contributed by atoms with Crippen molar-refractivity contribution in [2.75, 3.05) is 31.1 Å². The van der Waals surface area contributed by atoms with E-state index in [2.05, 4.69) is 59.5 Å². The van der Waals surface area contributed by atoms with E-state index < -0.39 is 0 Å². The van der Waals surface area contributed by atoms with Crippen molar-refractivity contribution in [2.45, 2.75) is 6.54 Å². The highest BCUT2D eigenvalue weighted by atomic mass is 19.1. The van der Waals surface area contributed by atoms with Crippen molar-refractivity contribution in [3.05, 3.63) is 90.2 Å². The van der Waals surface area contributed by atoms with Gasteiger partial charge in [-0.2, -0.15) is 0 Å². The van der Waals surface area contributed by atoms with Crippen LogP contribution in [0.2, 0.25) is 0 Å². The van der Waals surface area contributed by atoms with Crippen LogP contribution in [0.15, 0.2) is 78.9 Å². The SMILES string of the molecule is Fc1ccc(N2CC[NH+](Cc3c4ccccc4cc4ccccc34)CC2)cc1. The molecule has 1 N–H and O–H groups in total. The van der Waals surface area contributed by atoms with Gasteiger partial charge in [0.05, 0.1) is 26.2 Å². The van der Waals surface area contributed by atoms with Gasteiger partial charge < -0.3 is 9.80 Å². The Labute approximate surface area is 164 Å². The number of nitrogens with zero attached hydrogens (tertiary/aromatic N) is 1. The monoisotopic (exact) mass is 371 g/mol. The zero-order valence-electron chi connectivity index (χ0n) is 15.9. The van der Waals surface area contributed by atoms with Crippen LogP contribution in [0.3, 0.4) is 0 Å². The molecule has 4 aromatic rings. The molecule has 28 heavy (non-hydrogen) atoms. The van der Waals surface area contributed by atoms with Gasteiger partial charge in [-0.25, -0.2) is 4.39 Å². The molecular formula is C25H24FN2+. The number of halogens is 1. The first-order valence-corrected chi connectivity index (χ1v) is 10.0. The first kappa shape index (κ1) is 17.2. The summed E-state index contributed by atoms with van der Waals surface area (Å²) in [5.74, 6) is -0.171. The van der Waals surface area contributed by atoms with E-state index in [1.165, 1.54) is 27.1 Å². The normalized spacial score (nSPS) is 15.4. The number of piperazine rings is 1. The third-order valence-electron chi connectivity index (χ3n) is 5.97. The van der Waals surface area contributed by atoms with Gasteiger partial charge in [-0.1, -0.05) is 48.5 Å². The van der Waals surface area contributed by atoms with E-state index in [1.807, 2.05) is 12.1 Å². The largest absolute Gasteiger partial charge is 0.360 e. The van der Waals surface area contributed by atoms with Crippen LogP contribution < -0.4 is 9.80 Å². The van der Waals surface area contributed by atoms with Gasteiger partial charge in [0.2, 0.25) is 0 Å². The van der Waals surface area contributed by atoms with Crippen LogP contribution in [0.4, 0.5) is 10.1 Å². The summed E-state index contributed by atoms with van der Waals surface area (Å²) in [6, 6.07) is 26.6. The quantitative estimate of drug-likeness (QED) is 0.534. The Morgan fingerprint density at radius 2 is 1.32 bits per heavy atom. The number of fused-ring (bicyclic) bond motifs is 2. The molecule has 0 bridgehead atoms. The maximum absolute atomic E-state index is 13.2. The lowest BCUT2D eigenvalue weighted by Gasteiger charge is -2.34. The molecule has 0 radical (unpaired) electrons. The highest BCUT2D eigenvalue weighted by Crippen LogP contribution is 2.28. The molecule has 0 saturated carbocycles. The van der Waals surface area contributed by atoms with Crippen LogP contribution in [0, 0.1) is 5.82 Å². The van der Waals surface area contributed by atoms with Crippen molar-refractivity contribution < 1.29 is 9.29 Å². The first-order chi connectivity index (χ1) is 13.8. The topological polar surface area (TPSA) is 7.68 Å². The minimum atomic E-state index is -0.171. The van der Waals surface area contributed by atoms with E-state index >= 15 is 0 Å². The summed E-state index contributed by atoms with van der Waals surface area (Å²) in [6.07, 6.45) is 0. The van der Waals surface area contributed by atoms with Crippen molar-refractivity contribution in [3.8, 4) is 0 Å². The average Bonchev–Trinajstić information content (AvgIpc) is 2.75. The van der Waals surface area contributed by atoms with Gasteiger partial charge in [0.25, 0.3) is 0 Å². The van der Waals surface area contributed by atoms with Crippen LogP contribution in [0.5, 0.6) is 0 Å². The Morgan fingerprint density at radius 1 is 0.750 bits per heavy atom. The summed E-state index contributed by atoms with van der Waals surface area (Å²) in [5, 5.41) is 5.38. The molecule has 1 aliphatic rings. The molecule has 0 unspecified atom stereocenters. The lowest BCUT2D eigenvalue weighted by atomic mass is 9.96. The van der Waals surface area contributed by atoms with Crippen molar-refractivity contribution in [2.24, 2.45) is 0 Å². The molecule has 0 aromatic heterocycles. The second kappa shape index (κ2) is 7.25. The van der Waals surface area contributed by atoms with Gasteiger partial charge in [-0.3, -0.25) is 0 Å². The molecule has 1 aliphatic heterocycles. The van der Waals surface area contributed by atoms with Crippen LogP contribution in [0.25, 0.3) is 21.5 Å². The molecule has 1 heterocycles. The molecule has 0 atom stereocenters. The zero-order chi connectivity index (χ0) is 18.9. The number of anilines is 1. The Balaban J connectivity index is 1.40. The third-order valence-corrected chi connectivity index (χ3v) is 5.97. The number of rotatable bonds is 3. The second-order valence-electron chi connectivity index (χ2n) is 7.69. The zero-order valence-corrected chi connectivity index (χ0v) is 15.9. The van der Waals surface area contributed by atoms with E-state index in [9.17, 15) is 4.39 Å². The maximum Gasteiger partial charge on any atom is 0.123 e. The Kier molecular flexibility index (Phi) is 4.46. The minimum absolute atomic E-state index is 0.171. The van der Waals surface area contributed by atoms with Crippen LogP contribution in [-0.2, 0) is 6.54 Å². The van der Waals surface area contributed by atoms with E-state index in [-0.39, 0.29) is 5.82 Å². The Hall–Kier alpha value is -2.91. The molecule has 0 aliphatic carbocycles. The van der Waals surface area contributed by atoms with Gasteiger partial charge >= 0.3 is 0 Å². The predicted molar refractivity (Wildman–Crippen MR) is 114 cm³/mol. The molecule has 3 heteroatoms. The molecule has 140 valence electrons. The molecule has 4 aromatic carbocycles. The van der Waals surface area contributed by atoms with Crippen molar-refractivity contribution in [1.29, 1.82) is 0 Å². The number of hydrogen-bond donors (Lipinski definition) is 1. The first-order valence-electron chi connectivity index (χ1n) is 10.0. The lowest BCUT2D eigenvalue weighted by Crippen LogP contribution is -3.13. The fraction of sp³-hybridized carbons (Fsp3) is 0.200. The maximum atomic E-state index is 13.2. The van der Waals surface area contributed by atoms with Crippen LogP contribution >= 0.6 is 0 Å². The molecule has 2 nitrogen and oxygen atoms in total. The standard InChI is InChI=1S/C25H23FN2/c26-21-9-11-22(12-10-21)28-15-13-27(14-16-28)18-25-23-7-3-1-5-19(23)17-20-6-2-4-8-24(20)25/h1-12,17H,13-16,18H2/p+1. The summed E-state index contributed by atoms with van der Waals surface area (Å²) >= 11 is 0. The van der Waals surface area contributed by atoms with Crippen LogP contribution in [0.1, 0.15) is 5.56 Å². The van der Waals surface area contributed by atoms with Crippen molar-refractivity contribution in [1.82, 2.24) is 0 Å². The average molecular weight is 371 g/mol. The lowest BCUT2D eigenvalue weighted by molar-refractivity contribution is -0.914. The summed E-state index contributed by atoms with van der Waals surface area (Å²) in [5.41, 5.74) is 2.58. The predicted octanol–water partition coefficient (Wildman–Crippen LogP) is 4.04.